The van der Waals surface area contributed by atoms with E-state index in [1.807, 2.05) is 6.07 Å². The second-order valence-electron chi connectivity index (χ2n) is 16.6. The van der Waals surface area contributed by atoms with Crippen LogP contribution in [-0.4, -0.2) is 4.57 Å². The molecule has 0 saturated heterocycles. The summed E-state index contributed by atoms with van der Waals surface area (Å²) in [5, 5.41) is 7.39. The van der Waals surface area contributed by atoms with Crippen LogP contribution in [0.1, 0.15) is 43.6 Å². The van der Waals surface area contributed by atoms with Crippen LogP contribution in [0.25, 0.3) is 82.5 Å². The quantitative estimate of drug-likeness (QED) is 0.161. The van der Waals surface area contributed by atoms with Crippen molar-refractivity contribution in [2.75, 3.05) is 4.90 Å². The van der Waals surface area contributed by atoms with Gasteiger partial charge in [0.15, 0.2) is 0 Å². The van der Waals surface area contributed by atoms with E-state index in [0.29, 0.717) is 5.92 Å². The second-order valence-corrected chi connectivity index (χ2v) is 16.6. The summed E-state index contributed by atoms with van der Waals surface area (Å²) in [6, 6.07) is 73.3. The van der Waals surface area contributed by atoms with Gasteiger partial charge >= 0.3 is 0 Å². The van der Waals surface area contributed by atoms with Crippen LogP contribution in [0.5, 0.6) is 0 Å². The van der Waals surface area contributed by atoms with Gasteiger partial charge in [0.25, 0.3) is 0 Å². The summed E-state index contributed by atoms with van der Waals surface area (Å²) in [6.07, 6.45) is 6.42. The Morgan fingerprint density at radius 2 is 1.05 bits per heavy atom. The third kappa shape index (κ3) is 5.87. The maximum absolute atomic E-state index is 6.61. The highest BCUT2D eigenvalue weighted by Gasteiger charge is 2.26. The van der Waals surface area contributed by atoms with Gasteiger partial charge in [0.2, 0.25) is 0 Å². The fraction of sp³-hybridized carbons (Fsp3) is 0.103. The van der Waals surface area contributed by atoms with Crippen LogP contribution in [0.2, 0.25) is 0 Å². The van der Waals surface area contributed by atoms with Crippen molar-refractivity contribution in [3.05, 3.63) is 206 Å². The van der Waals surface area contributed by atoms with Gasteiger partial charge in [-0.2, -0.15) is 0 Å². The standard InChI is InChI=1S/C58H44N2O/c1-3-18-39(19-4-1)43-28-15-20-40-21-16-29-49(57(40)43)44-24-7-11-32-52(44)59(42-36-37-48-47-27-10-14-35-55(47)61-56(48)38-42)53-33-12-8-25-45(53)50-30-17-31-51-46-26-9-13-34-54(46)60(58(50)51)41-22-5-2-6-23-41/h2,5-17,20-39H,1,3-4,18-19H2. The van der Waals surface area contributed by atoms with Crippen molar-refractivity contribution < 1.29 is 4.42 Å². The van der Waals surface area contributed by atoms with Gasteiger partial charge in [-0.05, 0) is 89.2 Å². The molecule has 3 heteroatoms. The maximum atomic E-state index is 6.61. The van der Waals surface area contributed by atoms with E-state index in [1.165, 1.54) is 86.9 Å². The van der Waals surface area contributed by atoms with Gasteiger partial charge in [-0.15, -0.1) is 0 Å². The highest BCUT2D eigenvalue weighted by Crippen LogP contribution is 2.50. The highest BCUT2D eigenvalue weighted by molar-refractivity contribution is 6.15. The molecule has 1 saturated carbocycles. The first-order valence-electron chi connectivity index (χ1n) is 21.8. The molecule has 0 radical (unpaired) electrons. The van der Waals surface area contributed by atoms with Gasteiger partial charge in [0.05, 0.1) is 22.4 Å². The minimum atomic E-state index is 0.565. The average Bonchev–Trinajstić information content (AvgIpc) is 3.88. The molecule has 0 amide bonds. The summed E-state index contributed by atoms with van der Waals surface area (Å²) >= 11 is 0. The number of fused-ring (bicyclic) bond motifs is 7. The van der Waals surface area contributed by atoms with Gasteiger partial charge in [-0.25, -0.2) is 0 Å². The predicted octanol–water partition coefficient (Wildman–Crippen LogP) is 16.7. The van der Waals surface area contributed by atoms with E-state index in [2.05, 4.69) is 204 Å². The van der Waals surface area contributed by atoms with E-state index in [-0.39, 0.29) is 0 Å². The van der Waals surface area contributed by atoms with Crippen LogP contribution in [0.15, 0.2) is 205 Å². The Balaban J connectivity index is 1.15. The van der Waals surface area contributed by atoms with Crippen molar-refractivity contribution >= 4 is 71.6 Å². The van der Waals surface area contributed by atoms with Gasteiger partial charge in [-0.3, -0.25) is 0 Å². The normalized spacial score (nSPS) is 13.5. The van der Waals surface area contributed by atoms with E-state index in [4.69, 9.17) is 4.42 Å². The first-order valence-corrected chi connectivity index (χ1v) is 21.8. The average molecular weight is 785 g/mol. The summed E-state index contributed by atoms with van der Waals surface area (Å²) in [4.78, 5) is 2.48. The van der Waals surface area contributed by atoms with E-state index >= 15 is 0 Å². The van der Waals surface area contributed by atoms with Crippen molar-refractivity contribution in [2.45, 2.75) is 38.0 Å². The Labute approximate surface area is 355 Å². The molecule has 12 rings (SSSR count). The Morgan fingerprint density at radius 3 is 1.87 bits per heavy atom. The minimum Gasteiger partial charge on any atom is -0.456 e. The van der Waals surface area contributed by atoms with Crippen LogP contribution in [0.4, 0.5) is 17.1 Å². The molecule has 0 bridgehead atoms. The molecule has 0 N–H and O–H groups in total. The molecular formula is C58H44N2O. The number of hydrogen-bond donors (Lipinski definition) is 0. The van der Waals surface area contributed by atoms with Gasteiger partial charge < -0.3 is 13.9 Å². The largest absolute Gasteiger partial charge is 0.456 e. The number of hydrogen-bond acceptors (Lipinski definition) is 2. The van der Waals surface area contributed by atoms with E-state index in [1.54, 1.807) is 0 Å². The number of para-hydroxylation sites is 6. The Kier molecular flexibility index (Phi) is 8.59. The minimum absolute atomic E-state index is 0.565. The third-order valence-electron chi connectivity index (χ3n) is 13.2. The summed E-state index contributed by atoms with van der Waals surface area (Å²) in [5.74, 6) is 0.565. The molecule has 0 aliphatic heterocycles. The topological polar surface area (TPSA) is 21.3 Å². The molecule has 3 nitrogen and oxygen atoms in total. The van der Waals surface area contributed by atoms with Gasteiger partial charge in [-0.1, -0.05) is 165 Å². The second kappa shape index (κ2) is 14.7. The molecule has 0 spiro atoms. The van der Waals surface area contributed by atoms with Crippen LogP contribution in [0, 0.1) is 0 Å². The molecule has 1 aliphatic carbocycles. The third-order valence-corrected chi connectivity index (χ3v) is 13.2. The van der Waals surface area contributed by atoms with E-state index < -0.39 is 0 Å². The number of aromatic nitrogens is 1. The van der Waals surface area contributed by atoms with Gasteiger partial charge in [0.1, 0.15) is 11.2 Å². The lowest BCUT2D eigenvalue weighted by Crippen LogP contribution is -2.13. The summed E-state index contributed by atoms with van der Waals surface area (Å²) in [5.41, 5.74) is 14.8. The SMILES string of the molecule is c1ccc(-n2c3ccccc3c3cccc(-c4ccccc4N(c4ccc5c(c4)oc4ccccc45)c4ccccc4-c4cccc5cccc(C6CCCCC6)c45)c32)cc1. The zero-order valence-electron chi connectivity index (χ0n) is 34.0. The van der Waals surface area contributed by atoms with Gasteiger partial charge in [0, 0.05) is 55.7 Å². The number of furan rings is 1. The maximum Gasteiger partial charge on any atom is 0.137 e. The summed E-state index contributed by atoms with van der Waals surface area (Å²) in [7, 11) is 0. The zero-order valence-corrected chi connectivity index (χ0v) is 34.0. The summed E-state index contributed by atoms with van der Waals surface area (Å²) in [6.45, 7) is 0. The smallest absolute Gasteiger partial charge is 0.137 e. The fourth-order valence-electron chi connectivity index (χ4n) is 10.5. The van der Waals surface area contributed by atoms with Crippen LogP contribution < -0.4 is 4.90 Å². The molecule has 1 aliphatic rings. The predicted molar refractivity (Wildman–Crippen MR) is 257 cm³/mol. The Morgan fingerprint density at radius 1 is 0.443 bits per heavy atom. The monoisotopic (exact) mass is 784 g/mol. The van der Waals surface area contributed by atoms with E-state index in [0.717, 1.165) is 50.3 Å². The molecule has 11 aromatic rings. The number of rotatable bonds is 7. The lowest BCUT2D eigenvalue weighted by Gasteiger charge is -2.31. The molecule has 2 heterocycles. The number of anilines is 3. The fourth-order valence-corrected chi connectivity index (χ4v) is 10.5. The molecule has 2 aromatic heterocycles. The Hall–Kier alpha value is -7.36. The first-order chi connectivity index (χ1) is 30.3. The van der Waals surface area contributed by atoms with E-state index in [9.17, 15) is 0 Å². The zero-order chi connectivity index (χ0) is 40.3. The highest BCUT2D eigenvalue weighted by atomic mass is 16.3. The number of benzene rings is 9. The van der Waals surface area contributed by atoms with Crippen molar-refractivity contribution in [1.29, 1.82) is 0 Å². The number of nitrogens with zero attached hydrogens (tertiary/aromatic N) is 2. The van der Waals surface area contributed by atoms with Crippen molar-refractivity contribution in [3.8, 4) is 27.9 Å². The Bertz CT molecular complexity index is 3420. The van der Waals surface area contributed by atoms with Crippen LogP contribution in [-0.2, 0) is 0 Å². The van der Waals surface area contributed by atoms with Crippen molar-refractivity contribution in [1.82, 2.24) is 4.57 Å². The van der Waals surface area contributed by atoms with Crippen molar-refractivity contribution in [3.63, 3.8) is 0 Å². The lowest BCUT2D eigenvalue weighted by molar-refractivity contribution is 0.445. The van der Waals surface area contributed by atoms with Crippen LogP contribution in [0.3, 0.4) is 0 Å². The van der Waals surface area contributed by atoms with Crippen LogP contribution >= 0.6 is 0 Å². The first kappa shape index (κ1) is 35.6. The molecule has 1 fully saturated rings. The van der Waals surface area contributed by atoms with Crippen molar-refractivity contribution in [2.24, 2.45) is 0 Å². The molecule has 0 atom stereocenters. The molecule has 0 unspecified atom stereocenters. The molecule has 292 valence electrons. The molecular weight excluding hydrogens is 741 g/mol. The lowest BCUT2D eigenvalue weighted by atomic mass is 9.80. The summed E-state index contributed by atoms with van der Waals surface area (Å²) < 4.78 is 9.05. The molecule has 61 heavy (non-hydrogen) atoms. The molecule has 9 aromatic carbocycles.